The molecule has 0 saturated carbocycles. The largest absolute Gasteiger partial charge is 0.431 e. The predicted molar refractivity (Wildman–Crippen MR) is 29.7 cm³/mol. The second-order valence-electron chi connectivity index (χ2n) is 1.44. The summed E-state index contributed by atoms with van der Waals surface area (Å²) in [5.74, 6) is 0.590. The van der Waals surface area contributed by atoms with Crippen LogP contribution in [0.5, 0.6) is 0 Å². The molecule has 0 aromatic rings. The average Bonchev–Trinajstić information content (AvgIpc) is 2.19. The lowest BCUT2D eigenvalue weighted by Crippen LogP contribution is -1.77. The van der Waals surface area contributed by atoms with E-state index in [0.717, 1.165) is 6.42 Å². The fourth-order valence-corrected chi connectivity index (χ4v) is 0.480. The van der Waals surface area contributed by atoms with Crippen molar-refractivity contribution < 1.29 is 9.47 Å². The van der Waals surface area contributed by atoms with Crippen LogP contribution in [0, 0.1) is 0 Å². The Bertz CT molecular complexity index is 114. The molecule has 2 heteroatoms. The van der Waals surface area contributed by atoms with E-state index in [1.54, 1.807) is 0 Å². The van der Waals surface area contributed by atoms with Crippen LogP contribution in [0.1, 0.15) is 13.3 Å². The van der Waals surface area contributed by atoms with Gasteiger partial charge in [0.15, 0.2) is 0 Å². The van der Waals surface area contributed by atoms with Gasteiger partial charge in [0.2, 0.25) is 0 Å². The first-order valence-electron chi connectivity index (χ1n) is 2.62. The van der Waals surface area contributed by atoms with Gasteiger partial charge in [-0.3, -0.25) is 0 Å². The molecule has 0 aromatic carbocycles. The lowest BCUT2D eigenvalue weighted by molar-refractivity contribution is 0.199. The topological polar surface area (TPSA) is 18.5 Å². The summed E-state index contributed by atoms with van der Waals surface area (Å²) in [4.78, 5) is 0. The Labute approximate surface area is 48.4 Å². The van der Waals surface area contributed by atoms with Gasteiger partial charge < -0.3 is 9.47 Å². The van der Waals surface area contributed by atoms with Crippen LogP contribution in [0.4, 0.5) is 0 Å². The zero-order valence-electron chi connectivity index (χ0n) is 4.76. The summed E-state index contributed by atoms with van der Waals surface area (Å²) >= 11 is 0. The van der Waals surface area contributed by atoms with Gasteiger partial charge in [-0.15, -0.1) is 0 Å². The number of ether oxygens (including phenoxy) is 2. The van der Waals surface area contributed by atoms with Gasteiger partial charge >= 0.3 is 0 Å². The molecule has 1 heterocycles. The molecule has 1 aliphatic heterocycles. The summed E-state index contributed by atoms with van der Waals surface area (Å²) < 4.78 is 9.70. The van der Waals surface area contributed by atoms with Crippen molar-refractivity contribution in [2.24, 2.45) is 0 Å². The predicted octanol–water partition coefficient (Wildman–Crippen LogP) is 1.76. The Hall–Kier alpha value is -0.920. The van der Waals surface area contributed by atoms with Gasteiger partial charge in [-0.1, -0.05) is 6.92 Å². The summed E-state index contributed by atoms with van der Waals surface area (Å²) in [5.41, 5.74) is 0. The van der Waals surface area contributed by atoms with Crippen LogP contribution in [0.25, 0.3) is 0 Å². The van der Waals surface area contributed by atoms with E-state index in [1.165, 1.54) is 12.5 Å². The van der Waals surface area contributed by atoms with Crippen molar-refractivity contribution >= 4 is 0 Å². The molecule has 8 heavy (non-hydrogen) atoms. The van der Waals surface area contributed by atoms with E-state index in [-0.39, 0.29) is 0 Å². The van der Waals surface area contributed by atoms with E-state index in [9.17, 15) is 0 Å². The zero-order chi connectivity index (χ0) is 5.82. The highest BCUT2D eigenvalue weighted by molar-refractivity contribution is 4.91. The summed E-state index contributed by atoms with van der Waals surface area (Å²) in [5, 5.41) is 0. The molecule has 0 amide bonds. The second kappa shape index (κ2) is 2.40. The molecular formula is C6H8O2. The van der Waals surface area contributed by atoms with E-state index in [0.29, 0.717) is 5.95 Å². The molecule has 0 unspecified atom stereocenters. The van der Waals surface area contributed by atoms with Crippen molar-refractivity contribution in [2.75, 3.05) is 0 Å². The van der Waals surface area contributed by atoms with Crippen molar-refractivity contribution in [2.45, 2.75) is 13.3 Å². The Kier molecular flexibility index (Phi) is 1.57. The summed E-state index contributed by atoms with van der Waals surface area (Å²) in [6, 6.07) is 0. The summed E-state index contributed by atoms with van der Waals surface area (Å²) in [6.07, 6.45) is 5.85. The quantitative estimate of drug-likeness (QED) is 0.514. The third-order valence-corrected chi connectivity index (χ3v) is 0.795. The third-order valence-electron chi connectivity index (χ3n) is 0.795. The van der Waals surface area contributed by atoms with Crippen molar-refractivity contribution in [1.82, 2.24) is 0 Å². The number of allylic oxidation sites excluding steroid dienone is 1. The van der Waals surface area contributed by atoms with E-state index < -0.39 is 0 Å². The molecule has 0 aromatic heterocycles. The smallest absolute Gasteiger partial charge is 0.285 e. The van der Waals surface area contributed by atoms with Crippen LogP contribution in [0.15, 0.2) is 24.5 Å². The molecule has 0 bridgehead atoms. The lowest BCUT2D eigenvalue weighted by atomic mass is 10.5. The first-order chi connectivity index (χ1) is 3.93. The maximum atomic E-state index is 4.85. The summed E-state index contributed by atoms with van der Waals surface area (Å²) in [6.45, 7) is 2.03. The molecule has 0 atom stereocenters. The maximum absolute atomic E-state index is 4.85. The lowest BCUT2D eigenvalue weighted by Gasteiger charge is -1.92. The van der Waals surface area contributed by atoms with Gasteiger partial charge in [-0.05, 0) is 12.5 Å². The monoisotopic (exact) mass is 112 g/mol. The van der Waals surface area contributed by atoms with Crippen molar-refractivity contribution in [3.05, 3.63) is 24.5 Å². The van der Waals surface area contributed by atoms with Crippen molar-refractivity contribution in [3.8, 4) is 0 Å². The first kappa shape index (κ1) is 5.22. The maximum Gasteiger partial charge on any atom is 0.285 e. The minimum atomic E-state index is 0.590. The Morgan fingerprint density at radius 3 is 2.62 bits per heavy atom. The van der Waals surface area contributed by atoms with Crippen LogP contribution >= 0.6 is 0 Å². The fraction of sp³-hybridized carbons (Fsp3) is 0.333. The SMILES string of the molecule is CCC=C1OC=CO1. The molecule has 1 aliphatic rings. The first-order valence-corrected chi connectivity index (χ1v) is 2.62. The Morgan fingerprint density at radius 1 is 1.50 bits per heavy atom. The van der Waals surface area contributed by atoms with Gasteiger partial charge in [0.05, 0.1) is 0 Å². The van der Waals surface area contributed by atoms with Gasteiger partial charge in [0.25, 0.3) is 5.95 Å². The van der Waals surface area contributed by atoms with E-state index >= 15 is 0 Å². The van der Waals surface area contributed by atoms with Crippen molar-refractivity contribution in [1.29, 1.82) is 0 Å². The molecule has 0 spiro atoms. The normalized spacial score (nSPS) is 15.4. The summed E-state index contributed by atoms with van der Waals surface area (Å²) in [7, 11) is 0. The van der Waals surface area contributed by atoms with Crippen LogP contribution in [-0.2, 0) is 9.47 Å². The molecule has 0 aliphatic carbocycles. The Morgan fingerprint density at radius 2 is 2.12 bits per heavy atom. The molecule has 0 radical (unpaired) electrons. The molecule has 1 rings (SSSR count). The highest BCUT2D eigenvalue weighted by Gasteiger charge is 1.98. The highest BCUT2D eigenvalue weighted by atomic mass is 16.7. The van der Waals surface area contributed by atoms with Crippen molar-refractivity contribution in [3.63, 3.8) is 0 Å². The number of hydrogen-bond acceptors (Lipinski definition) is 2. The molecule has 0 N–H and O–H groups in total. The zero-order valence-corrected chi connectivity index (χ0v) is 4.76. The molecular weight excluding hydrogens is 104 g/mol. The van der Waals surface area contributed by atoms with Crippen LogP contribution in [-0.4, -0.2) is 0 Å². The second-order valence-corrected chi connectivity index (χ2v) is 1.44. The van der Waals surface area contributed by atoms with Crippen LogP contribution in [0.2, 0.25) is 0 Å². The average molecular weight is 112 g/mol. The Balaban J connectivity index is 2.39. The number of hydrogen-bond donors (Lipinski definition) is 0. The number of rotatable bonds is 1. The minimum Gasteiger partial charge on any atom is -0.431 e. The van der Waals surface area contributed by atoms with Gasteiger partial charge in [0.1, 0.15) is 12.5 Å². The minimum absolute atomic E-state index is 0.590. The van der Waals surface area contributed by atoms with Gasteiger partial charge in [0, 0.05) is 0 Å². The highest BCUT2D eigenvalue weighted by Crippen LogP contribution is 2.08. The van der Waals surface area contributed by atoms with Gasteiger partial charge in [-0.2, -0.15) is 0 Å². The molecule has 0 saturated heterocycles. The van der Waals surface area contributed by atoms with Crippen LogP contribution in [0.3, 0.4) is 0 Å². The molecule has 2 nitrogen and oxygen atoms in total. The standard InChI is InChI=1S/C6H8O2/c1-2-3-6-7-4-5-8-6/h3-5H,2H2,1H3. The van der Waals surface area contributed by atoms with Gasteiger partial charge in [-0.25, -0.2) is 0 Å². The molecule has 44 valence electrons. The fourth-order valence-electron chi connectivity index (χ4n) is 0.480. The van der Waals surface area contributed by atoms with E-state index in [4.69, 9.17) is 9.47 Å². The molecule has 0 fully saturated rings. The van der Waals surface area contributed by atoms with E-state index in [2.05, 4.69) is 0 Å². The van der Waals surface area contributed by atoms with E-state index in [1.807, 2.05) is 13.0 Å². The van der Waals surface area contributed by atoms with Crippen LogP contribution < -0.4 is 0 Å². The third kappa shape index (κ3) is 1.03.